The summed E-state index contributed by atoms with van der Waals surface area (Å²) in [5.74, 6) is -6.78. The molecule has 0 N–H and O–H groups in total. The van der Waals surface area contributed by atoms with E-state index in [1.54, 1.807) is 36.4 Å². The van der Waals surface area contributed by atoms with Crippen LogP contribution >= 0.6 is 0 Å². The molecular weight excluding hydrogens is 666 g/mol. The van der Waals surface area contributed by atoms with Gasteiger partial charge in [-0.05, 0) is 47.5 Å². The number of imide groups is 2. The van der Waals surface area contributed by atoms with Crippen molar-refractivity contribution < 1.29 is 45.5 Å². The van der Waals surface area contributed by atoms with E-state index in [4.69, 9.17) is 0 Å². The van der Waals surface area contributed by atoms with E-state index in [0.29, 0.717) is 0 Å². The maximum atomic E-state index is 14.7. The Hall–Kier alpha value is -5.34. The number of rotatable bonds is 4. The summed E-state index contributed by atoms with van der Waals surface area (Å²) in [6, 6.07) is 17.3. The van der Waals surface area contributed by atoms with E-state index in [-0.39, 0.29) is 11.4 Å². The largest absolute Gasteiger partial charge is 0.416 e. The van der Waals surface area contributed by atoms with Crippen molar-refractivity contribution in [3.8, 4) is 0 Å². The molecule has 4 aromatic rings. The zero-order chi connectivity index (χ0) is 35.3. The summed E-state index contributed by atoms with van der Waals surface area (Å²) >= 11 is 0. The average Bonchev–Trinajstić information content (AvgIpc) is 3.76. The Morgan fingerprint density at radius 3 is 1.06 bits per heavy atom. The first-order valence-electron chi connectivity index (χ1n) is 15.6. The summed E-state index contributed by atoms with van der Waals surface area (Å²) in [5, 5.41) is 2.23. The van der Waals surface area contributed by atoms with Gasteiger partial charge in [-0.1, -0.05) is 72.8 Å². The highest BCUT2D eigenvalue weighted by Crippen LogP contribution is 2.61. The van der Waals surface area contributed by atoms with Crippen molar-refractivity contribution in [2.45, 2.75) is 36.5 Å². The highest BCUT2D eigenvalue weighted by Gasteiger charge is 2.74. The van der Waals surface area contributed by atoms with E-state index in [0.717, 1.165) is 56.2 Å². The van der Waals surface area contributed by atoms with Gasteiger partial charge in [-0.3, -0.25) is 19.2 Å². The molecule has 4 fully saturated rings. The molecule has 8 nitrogen and oxygen atoms in total. The molecular formula is C36H24F6N4O4. The van der Waals surface area contributed by atoms with Crippen LogP contribution in [0, 0.1) is 11.8 Å². The van der Waals surface area contributed by atoms with Crippen molar-refractivity contribution in [1.29, 1.82) is 0 Å². The van der Waals surface area contributed by atoms with Crippen LogP contribution in [-0.2, 0) is 31.5 Å². The first-order chi connectivity index (χ1) is 23.8. The van der Waals surface area contributed by atoms with E-state index >= 15 is 0 Å². The highest BCUT2D eigenvalue weighted by molar-refractivity contribution is 6.26. The summed E-state index contributed by atoms with van der Waals surface area (Å²) in [7, 11) is 0. The number of carbonyl (C=O) groups excluding carboxylic acids is 4. The van der Waals surface area contributed by atoms with Gasteiger partial charge in [0.15, 0.2) is 0 Å². The van der Waals surface area contributed by atoms with Crippen molar-refractivity contribution in [2.24, 2.45) is 11.8 Å². The molecule has 0 spiro atoms. The van der Waals surface area contributed by atoms with Crippen LogP contribution in [0.25, 0.3) is 0 Å². The summed E-state index contributed by atoms with van der Waals surface area (Å²) < 4.78 is 88.0. The fourth-order valence-electron chi connectivity index (χ4n) is 8.14. The Morgan fingerprint density at radius 1 is 0.400 bits per heavy atom. The van der Waals surface area contributed by atoms with Gasteiger partial charge < -0.3 is 0 Å². The number of hydrazine groups is 1. The molecule has 0 bridgehead atoms. The number of nitrogens with zero attached hydrogens (tertiary/aromatic N) is 4. The quantitative estimate of drug-likeness (QED) is 0.188. The van der Waals surface area contributed by atoms with Crippen molar-refractivity contribution in [2.75, 3.05) is 9.80 Å². The van der Waals surface area contributed by atoms with Crippen LogP contribution in [0.2, 0.25) is 0 Å². The Bertz CT molecular complexity index is 1910. The number of halogens is 6. The van der Waals surface area contributed by atoms with E-state index in [9.17, 15) is 45.5 Å². The molecule has 50 heavy (non-hydrogen) atoms. The average molecular weight is 691 g/mol. The SMILES string of the molecule is O=C1[C@@H]2[C@@H](C(=O)N1c1ccccc1)N1[C@@H](c3ccccc3C(F)(F)F)[C@H]3C(=O)N(c4ccccc4)C(=O)[C@@H]3N1[C@H]2c1ccccc1C(F)(F)F. The molecule has 0 saturated carbocycles. The molecule has 14 heteroatoms. The second-order valence-electron chi connectivity index (χ2n) is 12.5. The van der Waals surface area contributed by atoms with Gasteiger partial charge in [-0.25, -0.2) is 19.8 Å². The number of alkyl halides is 6. The molecule has 4 aliphatic rings. The van der Waals surface area contributed by atoms with Crippen molar-refractivity contribution in [1.82, 2.24) is 10.0 Å². The Morgan fingerprint density at radius 2 is 0.720 bits per heavy atom. The smallest absolute Gasteiger partial charge is 0.274 e. The summed E-state index contributed by atoms with van der Waals surface area (Å²) in [5.41, 5.74) is -3.01. The zero-order valence-electron chi connectivity index (χ0n) is 25.5. The summed E-state index contributed by atoms with van der Waals surface area (Å²) in [6.45, 7) is 0. The van der Waals surface area contributed by atoms with Gasteiger partial charge >= 0.3 is 12.4 Å². The number of fused-ring (bicyclic) bond motifs is 5. The van der Waals surface area contributed by atoms with E-state index in [1.165, 1.54) is 36.4 Å². The molecule has 0 aliphatic carbocycles. The van der Waals surface area contributed by atoms with Crippen molar-refractivity contribution in [3.05, 3.63) is 131 Å². The maximum absolute atomic E-state index is 14.7. The molecule has 4 aliphatic heterocycles. The Labute approximate surface area is 280 Å². The first kappa shape index (κ1) is 31.9. The van der Waals surface area contributed by atoms with Crippen LogP contribution < -0.4 is 9.80 Å². The van der Waals surface area contributed by atoms with E-state index in [2.05, 4.69) is 0 Å². The predicted octanol–water partition coefficient (Wildman–Crippen LogP) is 6.17. The van der Waals surface area contributed by atoms with Gasteiger partial charge in [-0.15, -0.1) is 0 Å². The van der Waals surface area contributed by atoms with Crippen LogP contribution in [0.3, 0.4) is 0 Å². The van der Waals surface area contributed by atoms with Crippen LogP contribution in [0.5, 0.6) is 0 Å². The fourth-order valence-corrected chi connectivity index (χ4v) is 8.14. The third-order valence-electron chi connectivity index (χ3n) is 9.92. The number of hydrogen-bond donors (Lipinski definition) is 0. The van der Waals surface area contributed by atoms with Gasteiger partial charge in [-0.2, -0.15) is 26.3 Å². The molecule has 4 saturated heterocycles. The monoisotopic (exact) mass is 690 g/mol. The minimum absolute atomic E-state index is 0.111. The van der Waals surface area contributed by atoms with Crippen LogP contribution in [0.15, 0.2) is 109 Å². The highest BCUT2D eigenvalue weighted by atomic mass is 19.4. The summed E-state index contributed by atoms with van der Waals surface area (Å²) in [4.78, 5) is 59.3. The van der Waals surface area contributed by atoms with Gasteiger partial charge in [0.2, 0.25) is 11.8 Å². The second kappa shape index (κ2) is 11.1. The Kier molecular flexibility index (Phi) is 7.07. The number of carbonyl (C=O) groups is 4. The molecule has 8 rings (SSSR count). The van der Waals surface area contributed by atoms with Crippen LogP contribution in [0.1, 0.15) is 34.3 Å². The first-order valence-corrected chi connectivity index (χ1v) is 15.6. The second-order valence-corrected chi connectivity index (χ2v) is 12.5. The third kappa shape index (κ3) is 4.47. The number of hydrogen-bond acceptors (Lipinski definition) is 6. The minimum Gasteiger partial charge on any atom is -0.274 e. The molecule has 0 aromatic heterocycles. The maximum Gasteiger partial charge on any atom is 0.416 e. The zero-order valence-corrected chi connectivity index (χ0v) is 25.5. The summed E-state index contributed by atoms with van der Waals surface area (Å²) in [6.07, 6.45) is -9.92. The normalized spacial score (nSPS) is 26.9. The lowest BCUT2D eigenvalue weighted by molar-refractivity contribution is -0.143. The molecule has 254 valence electrons. The molecule has 0 unspecified atom stereocenters. The molecule has 4 amide bonds. The number of amides is 4. The van der Waals surface area contributed by atoms with E-state index < -0.39 is 94.2 Å². The Balaban J connectivity index is 1.41. The lowest BCUT2D eigenvalue weighted by Gasteiger charge is -2.36. The van der Waals surface area contributed by atoms with Gasteiger partial charge in [0.25, 0.3) is 11.8 Å². The van der Waals surface area contributed by atoms with Gasteiger partial charge in [0, 0.05) is 0 Å². The third-order valence-corrected chi connectivity index (χ3v) is 9.92. The van der Waals surface area contributed by atoms with Crippen molar-refractivity contribution in [3.63, 3.8) is 0 Å². The van der Waals surface area contributed by atoms with Crippen molar-refractivity contribution >= 4 is 35.0 Å². The number of anilines is 2. The number of benzene rings is 4. The molecule has 4 heterocycles. The van der Waals surface area contributed by atoms with Crippen LogP contribution in [-0.4, -0.2) is 45.7 Å². The van der Waals surface area contributed by atoms with Crippen LogP contribution in [0.4, 0.5) is 37.7 Å². The lowest BCUT2D eigenvalue weighted by atomic mass is 9.82. The fraction of sp³-hybridized carbons (Fsp3) is 0.222. The van der Waals surface area contributed by atoms with E-state index in [1.807, 2.05) is 0 Å². The molecule has 6 atom stereocenters. The topological polar surface area (TPSA) is 81.2 Å². The van der Waals surface area contributed by atoms with Gasteiger partial charge in [0.1, 0.15) is 12.1 Å². The molecule has 4 aromatic carbocycles. The lowest BCUT2D eigenvalue weighted by Crippen LogP contribution is -2.50. The number of para-hydroxylation sites is 2. The van der Waals surface area contributed by atoms with Gasteiger partial charge in [0.05, 0.1) is 46.4 Å². The standard InChI is InChI=1S/C36H24F6N4O4/c37-35(38,39)23-17-9-7-15-21(23)27-25-29(33(49)43(31(25)47)19-11-3-1-4-12-19)45-28(22-16-8-10-18-24(22)36(40,41)42)26-30(46(27)45)34(50)44(32(26)48)20-13-5-2-6-14-20/h1-18,25-30H/t25-,26+,27-,28-,29-,30+/m0/s1. The molecule has 0 radical (unpaired) electrons. The predicted molar refractivity (Wildman–Crippen MR) is 164 cm³/mol. The minimum atomic E-state index is -4.96.